The van der Waals surface area contributed by atoms with Crippen LogP contribution in [0.3, 0.4) is 0 Å². The van der Waals surface area contributed by atoms with Crippen LogP contribution in [0.4, 0.5) is 22.4 Å². The van der Waals surface area contributed by atoms with Gasteiger partial charge in [-0.3, -0.25) is 4.79 Å². The number of hydrogen-bond acceptors (Lipinski definition) is 3. The number of halogens is 4. The molecule has 6 nitrogen and oxygen atoms in total. The van der Waals surface area contributed by atoms with Crippen LogP contribution < -0.4 is 10.1 Å². The van der Waals surface area contributed by atoms with Crippen molar-refractivity contribution in [2.75, 3.05) is 19.6 Å². The minimum absolute atomic E-state index is 0.00264. The Balaban J connectivity index is 1.94. The number of rotatable bonds is 6. The van der Waals surface area contributed by atoms with E-state index in [-0.39, 0.29) is 12.3 Å². The first-order valence-electron chi connectivity index (χ1n) is 8.37. The van der Waals surface area contributed by atoms with Crippen LogP contribution in [0.25, 0.3) is 0 Å². The Bertz CT molecular complexity index is 683. The first kappa shape index (κ1) is 20.8. The molecule has 1 fully saturated rings. The number of benzene rings is 1. The molecular weight excluding hydrogens is 372 g/mol. The van der Waals surface area contributed by atoms with Gasteiger partial charge in [0.05, 0.1) is 18.4 Å². The molecule has 1 heterocycles. The lowest BCUT2D eigenvalue weighted by Crippen LogP contribution is -2.43. The van der Waals surface area contributed by atoms with Gasteiger partial charge in [0.2, 0.25) is 0 Å². The number of urea groups is 1. The van der Waals surface area contributed by atoms with E-state index in [1.165, 1.54) is 18.2 Å². The summed E-state index contributed by atoms with van der Waals surface area (Å²) in [6.07, 6.45) is -4.89. The summed E-state index contributed by atoms with van der Waals surface area (Å²) in [4.78, 5) is 24.0. The zero-order valence-electron chi connectivity index (χ0n) is 14.5. The summed E-state index contributed by atoms with van der Waals surface area (Å²) < 4.78 is 58.0. The predicted molar refractivity (Wildman–Crippen MR) is 86.7 cm³/mol. The number of carbonyl (C=O) groups is 2. The maximum atomic E-state index is 13.6. The summed E-state index contributed by atoms with van der Waals surface area (Å²) in [5.41, 5.74) is 0. The Kier molecular flexibility index (Phi) is 6.50. The van der Waals surface area contributed by atoms with Crippen LogP contribution >= 0.6 is 0 Å². The van der Waals surface area contributed by atoms with Gasteiger partial charge >= 0.3 is 18.2 Å². The summed E-state index contributed by atoms with van der Waals surface area (Å²) in [6, 6.07) is 4.90. The molecule has 3 atom stereocenters. The lowest BCUT2D eigenvalue weighted by Gasteiger charge is -2.22. The Morgan fingerprint density at radius 1 is 1.33 bits per heavy atom. The normalized spacial score (nSPS) is 21.0. The summed E-state index contributed by atoms with van der Waals surface area (Å²) in [5.74, 6) is -5.98. The van der Waals surface area contributed by atoms with Crippen LogP contribution in [0.2, 0.25) is 0 Å². The van der Waals surface area contributed by atoms with Gasteiger partial charge in [-0.15, -0.1) is 0 Å². The topological polar surface area (TPSA) is 78.9 Å². The number of carboxylic acid groups (broad SMARTS) is 1. The van der Waals surface area contributed by atoms with Gasteiger partial charge in [-0.1, -0.05) is 19.1 Å². The maximum absolute atomic E-state index is 13.6. The number of aliphatic carboxylic acids is 1. The lowest BCUT2D eigenvalue weighted by atomic mass is 9.96. The third kappa shape index (κ3) is 5.24. The van der Waals surface area contributed by atoms with E-state index >= 15 is 0 Å². The Morgan fingerprint density at radius 2 is 2.00 bits per heavy atom. The van der Waals surface area contributed by atoms with Gasteiger partial charge in [0.25, 0.3) is 0 Å². The van der Waals surface area contributed by atoms with E-state index in [0.717, 1.165) is 4.90 Å². The highest BCUT2D eigenvalue weighted by Crippen LogP contribution is 2.37. The van der Waals surface area contributed by atoms with E-state index < -0.39 is 55.0 Å². The number of nitrogens with one attached hydrogen (secondary N) is 1. The summed E-state index contributed by atoms with van der Waals surface area (Å²) in [5, 5.41) is 11.4. The number of para-hydroxylation sites is 1. The number of likely N-dealkylation sites (tertiary alicyclic amines) is 1. The Hall–Kier alpha value is -2.52. The van der Waals surface area contributed by atoms with Gasteiger partial charge in [-0.05, 0) is 18.6 Å². The zero-order chi connectivity index (χ0) is 20.2. The van der Waals surface area contributed by atoms with Crippen molar-refractivity contribution in [3.8, 4) is 5.75 Å². The molecule has 27 heavy (non-hydrogen) atoms. The number of alkyl halides is 3. The molecule has 1 aromatic carbocycles. The van der Waals surface area contributed by atoms with E-state index in [4.69, 9.17) is 9.84 Å². The maximum Gasteiger partial charge on any atom is 0.394 e. The van der Waals surface area contributed by atoms with Gasteiger partial charge in [0.15, 0.2) is 11.6 Å². The minimum Gasteiger partial charge on any atom is -0.486 e. The highest BCUT2D eigenvalue weighted by molar-refractivity contribution is 5.77. The van der Waals surface area contributed by atoms with Crippen molar-refractivity contribution in [1.82, 2.24) is 10.2 Å². The van der Waals surface area contributed by atoms with E-state index in [1.807, 2.05) is 0 Å². The third-order valence-corrected chi connectivity index (χ3v) is 4.41. The van der Waals surface area contributed by atoms with Crippen LogP contribution in [0.5, 0.6) is 5.75 Å². The highest BCUT2D eigenvalue weighted by atomic mass is 19.4. The largest absolute Gasteiger partial charge is 0.486 e. The van der Waals surface area contributed by atoms with Gasteiger partial charge in [0, 0.05) is 13.1 Å². The van der Waals surface area contributed by atoms with Crippen molar-refractivity contribution in [1.29, 1.82) is 0 Å². The fourth-order valence-corrected chi connectivity index (χ4v) is 2.85. The SMILES string of the molecule is CCC(CNC(=O)N1C[C@@H](C(F)(F)F)[C@H](C(=O)O)C1)Oc1ccccc1F. The molecule has 2 amide bonds. The molecular formula is C17H20F4N2O4. The quantitative estimate of drug-likeness (QED) is 0.730. The molecule has 150 valence electrons. The summed E-state index contributed by atoms with van der Waals surface area (Å²) in [6.45, 7) is 0.426. The molecule has 2 rings (SSSR count). The van der Waals surface area contributed by atoms with Crippen LogP contribution in [-0.4, -0.2) is 53.9 Å². The average molecular weight is 392 g/mol. The van der Waals surface area contributed by atoms with Crippen molar-refractivity contribution in [2.45, 2.75) is 25.6 Å². The zero-order valence-corrected chi connectivity index (χ0v) is 14.5. The molecule has 1 unspecified atom stereocenters. The number of amides is 2. The van der Waals surface area contributed by atoms with Gasteiger partial charge in [-0.25, -0.2) is 9.18 Å². The van der Waals surface area contributed by atoms with E-state index in [2.05, 4.69) is 5.32 Å². The minimum atomic E-state index is -4.71. The molecule has 0 saturated carbocycles. The molecule has 0 aromatic heterocycles. The molecule has 1 aromatic rings. The van der Waals surface area contributed by atoms with E-state index in [9.17, 15) is 27.2 Å². The molecule has 1 saturated heterocycles. The Labute approximate surface area is 153 Å². The summed E-state index contributed by atoms with van der Waals surface area (Å²) >= 11 is 0. The van der Waals surface area contributed by atoms with Crippen LogP contribution in [0.15, 0.2) is 24.3 Å². The van der Waals surface area contributed by atoms with E-state index in [1.54, 1.807) is 13.0 Å². The molecule has 1 aliphatic heterocycles. The number of carbonyl (C=O) groups excluding carboxylic acids is 1. The van der Waals surface area contributed by atoms with Crippen LogP contribution in [-0.2, 0) is 4.79 Å². The second-order valence-electron chi connectivity index (χ2n) is 6.26. The van der Waals surface area contributed by atoms with Crippen molar-refractivity contribution < 1.29 is 37.0 Å². The smallest absolute Gasteiger partial charge is 0.394 e. The second kappa shape index (κ2) is 8.45. The second-order valence-corrected chi connectivity index (χ2v) is 6.26. The molecule has 0 aliphatic carbocycles. The molecule has 0 spiro atoms. The van der Waals surface area contributed by atoms with Crippen LogP contribution in [0.1, 0.15) is 13.3 Å². The van der Waals surface area contributed by atoms with Crippen molar-refractivity contribution >= 4 is 12.0 Å². The number of hydrogen-bond donors (Lipinski definition) is 2. The van der Waals surface area contributed by atoms with Crippen molar-refractivity contribution in [3.63, 3.8) is 0 Å². The van der Waals surface area contributed by atoms with E-state index in [0.29, 0.717) is 6.42 Å². The molecule has 0 bridgehead atoms. The van der Waals surface area contributed by atoms with Gasteiger partial charge < -0.3 is 20.1 Å². The number of carboxylic acids is 1. The fourth-order valence-electron chi connectivity index (χ4n) is 2.85. The highest BCUT2D eigenvalue weighted by Gasteiger charge is 2.53. The molecule has 0 radical (unpaired) electrons. The van der Waals surface area contributed by atoms with Gasteiger partial charge in [0.1, 0.15) is 6.10 Å². The van der Waals surface area contributed by atoms with Gasteiger partial charge in [-0.2, -0.15) is 13.2 Å². The lowest BCUT2D eigenvalue weighted by molar-refractivity contribution is -0.187. The predicted octanol–water partition coefficient (Wildman–Crippen LogP) is 2.89. The molecule has 1 aliphatic rings. The first-order valence-corrected chi connectivity index (χ1v) is 8.37. The first-order chi connectivity index (χ1) is 12.6. The third-order valence-electron chi connectivity index (χ3n) is 4.41. The number of ether oxygens (including phenoxy) is 1. The number of nitrogens with zero attached hydrogens (tertiary/aromatic N) is 1. The molecule has 2 N–H and O–H groups in total. The molecule has 10 heteroatoms. The fraction of sp³-hybridized carbons (Fsp3) is 0.529. The van der Waals surface area contributed by atoms with Crippen LogP contribution in [0, 0.1) is 17.7 Å². The van der Waals surface area contributed by atoms with Crippen molar-refractivity contribution in [2.24, 2.45) is 11.8 Å². The average Bonchev–Trinajstić information content (AvgIpc) is 3.06. The Morgan fingerprint density at radius 3 is 2.52 bits per heavy atom. The monoisotopic (exact) mass is 392 g/mol. The van der Waals surface area contributed by atoms with Crippen molar-refractivity contribution in [3.05, 3.63) is 30.1 Å². The summed E-state index contributed by atoms with van der Waals surface area (Å²) in [7, 11) is 0. The standard InChI is InChI=1S/C17H20F4N2O4/c1-2-10(27-14-6-4-3-5-13(14)18)7-22-16(26)23-8-11(15(24)25)12(9-23)17(19,20)21/h3-6,10-12H,2,7-9H2,1H3,(H,22,26)(H,24,25)/t10?,11-,12-/m1/s1.